The van der Waals surface area contributed by atoms with E-state index in [1.165, 1.54) is 25.3 Å². The van der Waals surface area contributed by atoms with E-state index < -0.39 is 34.1 Å². The summed E-state index contributed by atoms with van der Waals surface area (Å²) in [4.78, 5) is 55.4. The maximum absolute atomic E-state index is 14.1. The standard InChI is InChI=1S/C24H21ClN4O6/c1-11-14(25)7-6-13-20(11)26-23(32)24(13)19-18(16-4-3-9-27(16)24)21(30)28(22(19)31)15-8-5-12(29(33)34)10-17(15)35-2/h5-8,10,16,18-19H,3-4,9H2,1-2H3,(H,26,32)/t16-,18+,19+,24-/m0/s1. The quantitative estimate of drug-likeness (QED) is 0.393. The molecule has 0 saturated carbocycles. The van der Waals surface area contributed by atoms with Crippen LogP contribution in [0, 0.1) is 28.9 Å². The van der Waals surface area contributed by atoms with Gasteiger partial charge >= 0.3 is 0 Å². The topological polar surface area (TPSA) is 122 Å². The van der Waals surface area contributed by atoms with Gasteiger partial charge in [0.15, 0.2) is 0 Å². The largest absolute Gasteiger partial charge is 0.494 e. The van der Waals surface area contributed by atoms with Crippen molar-refractivity contribution in [3.8, 4) is 5.75 Å². The molecule has 3 amide bonds. The van der Waals surface area contributed by atoms with Gasteiger partial charge in [0.05, 0.1) is 41.3 Å². The molecule has 4 heterocycles. The van der Waals surface area contributed by atoms with E-state index in [1.54, 1.807) is 12.1 Å². The Kier molecular flexibility index (Phi) is 4.56. The lowest BCUT2D eigenvalue weighted by Crippen LogP contribution is -2.54. The third kappa shape index (κ3) is 2.55. The number of benzene rings is 2. The van der Waals surface area contributed by atoms with Crippen LogP contribution in [0.1, 0.15) is 24.0 Å². The Hall–Kier alpha value is -3.50. The number of amides is 3. The van der Waals surface area contributed by atoms with E-state index in [0.29, 0.717) is 34.8 Å². The van der Waals surface area contributed by atoms with Crippen molar-refractivity contribution < 1.29 is 24.0 Å². The first-order chi connectivity index (χ1) is 16.7. The molecule has 35 heavy (non-hydrogen) atoms. The fourth-order valence-electron chi connectivity index (χ4n) is 6.59. The Morgan fingerprint density at radius 1 is 1.20 bits per heavy atom. The molecular formula is C24H21ClN4O6. The van der Waals surface area contributed by atoms with Crippen LogP contribution in [-0.2, 0) is 19.9 Å². The van der Waals surface area contributed by atoms with Crippen molar-refractivity contribution in [1.29, 1.82) is 0 Å². The number of nitrogens with zero attached hydrogens (tertiary/aromatic N) is 3. The third-order valence-corrected chi connectivity index (χ3v) is 8.39. The Labute approximate surface area is 204 Å². The molecule has 2 aromatic carbocycles. The molecule has 4 aliphatic heterocycles. The first-order valence-electron chi connectivity index (χ1n) is 11.3. The highest BCUT2D eigenvalue weighted by molar-refractivity contribution is 6.32. The Morgan fingerprint density at radius 3 is 2.69 bits per heavy atom. The maximum Gasteiger partial charge on any atom is 0.273 e. The highest BCUT2D eigenvalue weighted by Gasteiger charge is 2.74. The summed E-state index contributed by atoms with van der Waals surface area (Å²) in [5, 5.41) is 14.7. The third-order valence-electron chi connectivity index (χ3n) is 7.98. The minimum Gasteiger partial charge on any atom is -0.494 e. The summed E-state index contributed by atoms with van der Waals surface area (Å²) >= 11 is 6.33. The lowest BCUT2D eigenvalue weighted by atomic mass is 9.75. The molecule has 11 heteroatoms. The molecule has 180 valence electrons. The number of rotatable bonds is 3. The highest BCUT2D eigenvalue weighted by Crippen LogP contribution is 2.61. The van der Waals surface area contributed by atoms with Gasteiger partial charge in [-0.2, -0.15) is 0 Å². The molecule has 6 rings (SSSR count). The van der Waals surface area contributed by atoms with Gasteiger partial charge in [-0.25, -0.2) is 4.90 Å². The van der Waals surface area contributed by atoms with Gasteiger partial charge in [0.25, 0.3) is 5.69 Å². The summed E-state index contributed by atoms with van der Waals surface area (Å²) in [6.07, 6.45) is 1.48. The van der Waals surface area contributed by atoms with Crippen LogP contribution in [0.4, 0.5) is 17.1 Å². The van der Waals surface area contributed by atoms with Gasteiger partial charge in [0.2, 0.25) is 17.7 Å². The number of carbonyl (C=O) groups excluding carboxylic acids is 3. The smallest absolute Gasteiger partial charge is 0.273 e. The number of nitrogens with one attached hydrogen (secondary N) is 1. The van der Waals surface area contributed by atoms with Crippen molar-refractivity contribution in [1.82, 2.24) is 4.90 Å². The monoisotopic (exact) mass is 496 g/mol. The minimum atomic E-state index is -1.33. The fraction of sp³-hybridized carbons (Fsp3) is 0.375. The zero-order valence-corrected chi connectivity index (χ0v) is 19.7. The van der Waals surface area contributed by atoms with E-state index in [2.05, 4.69) is 5.32 Å². The second kappa shape index (κ2) is 7.25. The van der Waals surface area contributed by atoms with Crippen LogP contribution in [0.25, 0.3) is 0 Å². The first-order valence-corrected chi connectivity index (χ1v) is 11.7. The number of hydrogen-bond acceptors (Lipinski definition) is 7. The number of fused-ring (bicyclic) bond motifs is 7. The number of nitro groups is 1. The number of carbonyl (C=O) groups is 3. The minimum absolute atomic E-state index is 0.0390. The molecule has 0 aromatic heterocycles. The number of imide groups is 1. The predicted octanol–water partition coefficient (Wildman–Crippen LogP) is 3.00. The molecule has 4 aliphatic rings. The second-order valence-electron chi connectivity index (χ2n) is 9.35. The summed E-state index contributed by atoms with van der Waals surface area (Å²) in [6.45, 7) is 2.40. The number of hydrogen-bond donors (Lipinski definition) is 1. The van der Waals surface area contributed by atoms with Gasteiger partial charge < -0.3 is 10.1 Å². The number of ether oxygens (including phenoxy) is 1. The molecule has 0 bridgehead atoms. The van der Waals surface area contributed by atoms with Gasteiger partial charge in [-0.05, 0) is 44.0 Å². The van der Waals surface area contributed by atoms with Gasteiger partial charge in [0, 0.05) is 22.7 Å². The maximum atomic E-state index is 14.1. The highest BCUT2D eigenvalue weighted by atomic mass is 35.5. The molecule has 10 nitrogen and oxygen atoms in total. The van der Waals surface area contributed by atoms with Crippen molar-refractivity contribution in [3.63, 3.8) is 0 Å². The van der Waals surface area contributed by atoms with E-state index in [9.17, 15) is 24.5 Å². The summed E-state index contributed by atoms with van der Waals surface area (Å²) in [5.74, 6) is -2.90. The lowest BCUT2D eigenvalue weighted by molar-refractivity contribution is -0.384. The predicted molar refractivity (Wildman–Crippen MR) is 125 cm³/mol. The molecule has 1 spiro atoms. The number of anilines is 2. The van der Waals surface area contributed by atoms with Gasteiger partial charge in [-0.3, -0.25) is 29.4 Å². The van der Waals surface area contributed by atoms with Crippen LogP contribution in [-0.4, -0.2) is 47.2 Å². The molecular weight excluding hydrogens is 476 g/mol. The number of non-ortho nitro benzene ring substituents is 1. The number of nitro benzene ring substituents is 1. The zero-order chi connectivity index (χ0) is 24.8. The summed E-state index contributed by atoms with van der Waals surface area (Å²) in [6, 6.07) is 6.97. The van der Waals surface area contributed by atoms with Gasteiger partial charge in [-0.1, -0.05) is 17.7 Å². The molecule has 2 aromatic rings. The van der Waals surface area contributed by atoms with Crippen molar-refractivity contribution in [2.24, 2.45) is 11.8 Å². The van der Waals surface area contributed by atoms with Crippen LogP contribution < -0.4 is 15.0 Å². The van der Waals surface area contributed by atoms with Crippen LogP contribution in [0.2, 0.25) is 5.02 Å². The lowest BCUT2D eigenvalue weighted by Gasteiger charge is -2.36. The molecule has 0 aliphatic carbocycles. The Balaban J connectivity index is 1.54. The fourth-order valence-corrected chi connectivity index (χ4v) is 6.75. The molecule has 3 saturated heterocycles. The first kappa shape index (κ1) is 22.0. The average molecular weight is 497 g/mol. The summed E-state index contributed by atoms with van der Waals surface area (Å²) in [7, 11) is 1.32. The second-order valence-corrected chi connectivity index (χ2v) is 9.75. The SMILES string of the molecule is COc1cc([N+](=O)[O-])ccc1N1C(=O)[C@@H]2[C@@H]3CCCN3[C@]3(C(=O)Nc4c3ccc(Cl)c4C)[C@H]2C1=O. The van der Waals surface area contributed by atoms with Crippen LogP contribution in [0.5, 0.6) is 5.75 Å². The Morgan fingerprint density at radius 2 is 1.97 bits per heavy atom. The molecule has 1 N–H and O–H groups in total. The van der Waals surface area contributed by atoms with Gasteiger partial charge in [0.1, 0.15) is 11.3 Å². The van der Waals surface area contributed by atoms with Crippen LogP contribution in [0.15, 0.2) is 30.3 Å². The number of methoxy groups -OCH3 is 1. The van der Waals surface area contributed by atoms with E-state index in [4.69, 9.17) is 16.3 Å². The van der Waals surface area contributed by atoms with Crippen molar-refractivity contribution in [2.45, 2.75) is 31.3 Å². The normalized spacial score (nSPS) is 28.9. The molecule has 4 atom stereocenters. The summed E-state index contributed by atoms with van der Waals surface area (Å²) < 4.78 is 5.32. The van der Waals surface area contributed by atoms with E-state index in [0.717, 1.165) is 11.3 Å². The van der Waals surface area contributed by atoms with Crippen LogP contribution in [0.3, 0.4) is 0 Å². The summed E-state index contributed by atoms with van der Waals surface area (Å²) in [5.41, 5.74) is 0.529. The number of halogens is 1. The van der Waals surface area contributed by atoms with E-state index >= 15 is 0 Å². The van der Waals surface area contributed by atoms with Crippen molar-refractivity contribution in [3.05, 3.63) is 56.6 Å². The average Bonchev–Trinajstić information content (AvgIpc) is 3.54. The molecule has 0 radical (unpaired) electrons. The van der Waals surface area contributed by atoms with Crippen LogP contribution >= 0.6 is 11.6 Å². The van der Waals surface area contributed by atoms with Gasteiger partial charge in [-0.15, -0.1) is 0 Å². The zero-order valence-electron chi connectivity index (χ0n) is 18.9. The molecule has 0 unspecified atom stereocenters. The van der Waals surface area contributed by atoms with E-state index in [1.807, 2.05) is 11.8 Å². The van der Waals surface area contributed by atoms with Crippen molar-refractivity contribution >= 4 is 46.4 Å². The molecule has 3 fully saturated rings. The Bertz CT molecular complexity index is 1360. The van der Waals surface area contributed by atoms with E-state index in [-0.39, 0.29) is 29.1 Å². The van der Waals surface area contributed by atoms with Crippen molar-refractivity contribution in [2.75, 3.05) is 23.9 Å².